The van der Waals surface area contributed by atoms with Crippen LogP contribution in [0, 0.1) is 0 Å². The molecule has 2 aromatic rings. The monoisotopic (exact) mass is 272 g/mol. The van der Waals surface area contributed by atoms with Crippen molar-refractivity contribution in [2.45, 2.75) is 0 Å². The molecule has 102 valence electrons. The highest BCUT2D eigenvalue weighted by Crippen LogP contribution is 2.06. The maximum Gasteiger partial charge on any atom is 0.673 e. The lowest BCUT2D eigenvalue weighted by atomic mass is 10.3. The largest absolute Gasteiger partial charge is 0.673 e. The zero-order valence-electron chi connectivity index (χ0n) is 10.3. The molecule has 2 rings (SSSR count). The topological polar surface area (TPSA) is 8.81 Å². The zero-order chi connectivity index (χ0) is 14.5. The van der Waals surface area contributed by atoms with Gasteiger partial charge in [0.2, 0.25) is 0 Å². The molecule has 0 atom stereocenters. The van der Waals surface area contributed by atoms with Gasteiger partial charge in [0.25, 0.3) is 5.82 Å². The molecule has 0 amide bonds. The van der Waals surface area contributed by atoms with Crippen LogP contribution >= 0.6 is 0 Å². The van der Waals surface area contributed by atoms with Crippen LogP contribution in [-0.2, 0) is 7.05 Å². The summed E-state index contributed by atoms with van der Waals surface area (Å²) in [5.41, 5.74) is 1.16. The molecule has 0 aliphatic heterocycles. The van der Waals surface area contributed by atoms with Crippen molar-refractivity contribution in [2.75, 3.05) is 0 Å². The third kappa shape index (κ3) is 4.99. The van der Waals surface area contributed by atoms with Crippen molar-refractivity contribution in [3.8, 4) is 5.69 Å². The van der Waals surface area contributed by atoms with Gasteiger partial charge in [0, 0.05) is 6.08 Å². The smallest absolute Gasteiger partial charge is 0.418 e. The summed E-state index contributed by atoms with van der Waals surface area (Å²) >= 11 is 0. The van der Waals surface area contributed by atoms with Gasteiger partial charge < -0.3 is 17.3 Å². The third-order valence-electron chi connectivity index (χ3n) is 2.26. The fourth-order valence-electron chi connectivity index (χ4n) is 1.54. The SMILES string of the molecule is C=Cc1n(C)cc[n+]1-c1ccccc1.F[B-](F)(F)F. The van der Waals surface area contributed by atoms with Crippen LogP contribution in [0.2, 0.25) is 0 Å². The molecule has 0 saturated carbocycles. The molecule has 1 heterocycles. The molecule has 1 aromatic carbocycles. The second-order valence-corrected chi connectivity index (χ2v) is 3.67. The molecule has 0 N–H and O–H groups in total. The van der Waals surface area contributed by atoms with Crippen LogP contribution < -0.4 is 4.57 Å². The van der Waals surface area contributed by atoms with E-state index in [4.69, 9.17) is 0 Å². The molecule has 0 aliphatic rings. The summed E-state index contributed by atoms with van der Waals surface area (Å²) in [6, 6.07) is 10.2. The van der Waals surface area contributed by atoms with Crippen LogP contribution in [0.25, 0.3) is 11.8 Å². The molecule has 0 bridgehead atoms. The summed E-state index contributed by atoms with van der Waals surface area (Å²) in [5.74, 6) is 1.08. The number of imidazole rings is 1. The van der Waals surface area contributed by atoms with Crippen LogP contribution in [-0.4, -0.2) is 11.8 Å². The third-order valence-corrected chi connectivity index (χ3v) is 2.26. The van der Waals surface area contributed by atoms with Gasteiger partial charge in [-0.2, -0.15) is 4.57 Å². The van der Waals surface area contributed by atoms with Gasteiger partial charge >= 0.3 is 7.25 Å². The Bertz CT molecular complexity index is 528. The van der Waals surface area contributed by atoms with Gasteiger partial charge in [0.15, 0.2) is 0 Å². The molecule has 0 aliphatic carbocycles. The van der Waals surface area contributed by atoms with E-state index in [1.54, 1.807) is 0 Å². The van der Waals surface area contributed by atoms with E-state index >= 15 is 0 Å². The number of nitrogens with zero attached hydrogens (tertiary/aromatic N) is 2. The minimum absolute atomic E-state index is 1.08. The Morgan fingerprint density at radius 3 is 2.16 bits per heavy atom. The van der Waals surface area contributed by atoms with Crippen molar-refractivity contribution in [3.05, 3.63) is 55.1 Å². The number of para-hydroxylation sites is 1. The standard InChI is InChI=1S/C12H13N2.BF4/c1-3-12-13(2)9-10-14(12)11-7-5-4-6-8-11;2-1(3,4)5/h3-10H,1H2,2H3;/q+1;-1. The highest BCUT2D eigenvalue weighted by molar-refractivity contribution is 6.50. The van der Waals surface area contributed by atoms with Crippen molar-refractivity contribution in [2.24, 2.45) is 7.05 Å². The Kier molecular flexibility index (Phi) is 4.91. The summed E-state index contributed by atoms with van der Waals surface area (Å²) in [5, 5.41) is 0. The summed E-state index contributed by atoms with van der Waals surface area (Å²) in [6.45, 7) is 3.81. The highest BCUT2D eigenvalue weighted by atomic mass is 19.5. The van der Waals surface area contributed by atoms with Gasteiger partial charge in [0.1, 0.15) is 18.1 Å². The Labute approximate surface area is 108 Å². The van der Waals surface area contributed by atoms with E-state index in [1.807, 2.05) is 48.3 Å². The minimum Gasteiger partial charge on any atom is -0.418 e. The molecule has 0 fully saturated rings. The number of hydrogen-bond donors (Lipinski definition) is 0. The molecule has 0 unspecified atom stereocenters. The van der Waals surface area contributed by atoms with Crippen LogP contribution in [0.5, 0.6) is 0 Å². The van der Waals surface area contributed by atoms with Gasteiger partial charge in [-0.25, -0.2) is 4.57 Å². The van der Waals surface area contributed by atoms with E-state index in [2.05, 4.69) is 23.3 Å². The molecule has 0 radical (unpaired) electrons. The summed E-state index contributed by atoms with van der Waals surface area (Å²) in [4.78, 5) is 0. The second-order valence-electron chi connectivity index (χ2n) is 3.67. The molecule has 7 heteroatoms. The zero-order valence-corrected chi connectivity index (χ0v) is 10.3. The first-order valence-corrected chi connectivity index (χ1v) is 5.45. The number of aromatic nitrogens is 2. The fraction of sp³-hybridized carbons (Fsp3) is 0.0833. The van der Waals surface area contributed by atoms with E-state index < -0.39 is 7.25 Å². The predicted octanol–water partition coefficient (Wildman–Crippen LogP) is 3.24. The van der Waals surface area contributed by atoms with Crippen molar-refractivity contribution in [1.82, 2.24) is 4.57 Å². The molecule has 1 aromatic heterocycles. The molecule has 19 heavy (non-hydrogen) atoms. The Morgan fingerprint density at radius 2 is 1.68 bits per heavy atom. The van der Waals surface area contributed by atoms with Gasteiger partial charge in [-0.1, -0.05) is 24.8 Å². The van der Waals surface area contributed by atoms with Gasteiger partial charge in [-0.3, -0.25) is 0 Å². The maximum absolute atomic E-state index is 9.75. The number of rotatable bonds is 2. The lowest BCUT2D eigenvalue weighted by Gasteiger charge is -1.97. The maximum atomic E-state index is 9.75. The average Bonchev–Trinajstić information content (AvgIpc) is 2.69. The lowest BCUT2D eigenvalue weighted by Crippen LogP contribution is -2.32. The first kappa shape index (κ1) is 15.0. The Morgan fingerprint density at radius 1 is 1.16 bits per heavy atom. The molecular weight excluding hydrogens is 259 g/mol. The van der Waals surface area contributed by atoms with E-state index in [0.717, 1.165) is 11.5 Å². The number of halogens is 4. The van der Waals surface area contributed by atoms with Crippen molar-refractivity contribution in [3.63, 3.8) is 0 Å². The van der Waals surface area contributed by atoms with Gasteiger partial charge in [0.05, 0.1) is 7.05 Å². The van der Waals surface area contributed by atoms with E-state index in [-0.39, 0.29) is 0 Å². The normalized spacial score (nSPS) is 10.6. The van der Waals surface area contributed by atoms with Crippen molar-refractivity contribution < 1.29 is 21.8 Å². The molecular formula is C12H13BF4N2. The van der Waals surface area contributed by atoms with E-state index in [0.29, 0.717) is 0 Å². The van der Waals surface area contributed by atoms with E-state index in [9.17, 15) is 17.3 Å². The number of benzene rings is 1. The Balaban J connectivity index is 0.000000312. The van der Waals surface area contributed by atoms with Crippen LogP contribution in [0.15, 0.2) is 49.3 Å². The molecule has 0 spiro atoms. The molecule has 0 saturated heterocycles. The van der Waals surface area contributed by atoms with Crippen LogP contribution in [0.3, 0.4) is 0 Å². The van der Waals surface area contributed by atoms with Crippen LogP contribution in [0.4, 0.5) is 17.3 Å². The first-order valence-electron chi connectivity index (χ1n) is 5.45. The quantitative estimate of drug-likeness (QED) is 0.451. The van der Waals surface area contributed by atoms with Gasteiger partial charge in [-0.15, -0.1) is 0 Å². The minimum atomic E-state index is -6.00. The van der Waals surface area contributed by atoms with E-state index in [1.165, 1.54) is 0 Å². The summed E-state index contributed by atoms with van der Waals surface area (Å²) < 4.78 is 43.1. The van der Waals surface area contributed by atoms with Crippen molar-refractivity contribution >= 4 is 13.3 Å². The predicted molar refractivity (Wildman–Crippen MR) is 67.2 cm³/mol. The van der Waals surface area contributed by atoms with Gasteiger partial charge in [-0.05, 0) is 12.1 Å². The number of aryl methyl sites for hydroxylation is 1. The van der Waals surface area contributed by atoms with Crippen LogP contribution in [0.1, 0.15) is 5.82 Å². The summed E-state index contributed by atoms with van der Waals surface area (Å²) in [6.07, 6.45) is 5.91. The average molecular weight is 272 g/mol. The van der Waals surface area contributed by atoms with Crippen molar-refractivity contribution in [1.29, 1.82) is 0 Å². The Hall–Kier alpha value is -2.05. The fourth-order valence-corrected chi connectivity index (χ4v) is 1.54. The number of hydrogen-bond acceptors (Lipinski definition) is 0. The second kappa shape index (κ2) is 6.22. The summed E-state index contributed by atoms with van der Waals surface area (Å²) in [7, 11) is -3.99. The molecule has 2 nitrogen and oxygen atoms in total. The lowest BCUT2D eigenvalue weighted by molar-refractivity contribution is -0.597. The first-order chi connectivity index (χ1) is 8.83. The highest BCUT2D eigenvalue weighted by Gasteiger charge is 2.20.